The van der Waals surface area contributed by atoms with Crippen LogP contribution in [0.25, 0.3) is 117 Å². The zero-order chi connectivity index (χ0) is 42.3. The van der Waals surface area contributed by atoms with Gasteiger partial charge in [-0.05, 0) is 79.2 Å². The summed E-state index contributed by atoms with van der Waals surface area (Å²) in [5, 5.41) is 7.28. The fraction of sp³-hybridized carbons (Fsp3) is 0.0172. The van der Waals surface area contributed by atoms with Crippen molar-refractivity contribution in [2.24, 2.45) is 0 Å². The highest BCUT2D eigenvalue weighted by atomic mass is 15.1. The second kappa shape index (κ2) is 14.2. The summed E-state index contributed by atoms with van der Waals surface area (Å²) in [6, 6.07) is 75.4. The van der Waals surface area contributed by atoms with Crippen molar-refractivity contribution >= 4 is 65.4 Å². The SMILES string of the molecule is Cc1cccc(-n2c3ccccc3c3c4c(c5ccccc5n4-c4ccccc4)c4c(c5ccccc5n4-c4ccc(-c5nc(-c6ccccc6)nc(-c6ccccc6)n5)cc4)c32)c1. The summed E-state index contributed by atoms with van der Waals surface area (Å²) in [7, 11) is 0. The average Bonchev–Trinajstić information content (AvgIpc) is 4.01. The van der Waals surface area contributed by atoms with Crippen molar-refractivity contribution in [1.82, 2.24) is 28.7 Å². The van der Waals surface area contributed by atoms with Gasteiger partial charge in [-0.1, -0.05) is 146 Å². The molecule has 0 radical (unpaired) electrons. The molecule has 0 amide bonds. The molecule has 300 valence electrons. The standard InChI is InChI=1S/C58H38N6/c1-37-18-17-25-43(36-37)64-49-31-16-13-28-46(49)52-53-50(44-26-11-14-29-47(44)62(53)41-23-9-4-10-24-41)54-51(55(52)64)45-27-12-15-30-48(45)63(54)42-34-32-40(33-35-42)58-60-56(38-19-5-2-6-20-38)59-57(61-58)39-21-7-3-8-22-39/h2-36H,1H3. The molecule has 13 aromatic rings. The predicted molar refractivity (Wildman–Crippen MR) is 264 cm³/mol. The first-order valence-electron chi connectivity index (χ1n) is 21.7. The Morgan fingerprint density at radius 2 is 0.641 bits per heavy atom. The van der Waals surface area contributed by atoms with Crippen LogP contribution in [0.15, 0.2) is 212 Å². The van der Waals surface area contributed by atoms with Gasteiger partial charge in [-0.2, -0.15) is 0 Å². The lowest BCUT2D eigenvalue weighted by molar-refractivity contribution is 1.07. The molecule has 64 heavy (non-hydrogen) atoms. The minimum absolute atomic E-state index is 0.624. The van der Waals surface area contributed by atoms with Crippen LogP contribution in [-0.4, -0.2) is 28.7 Å². The van der Waals surface area contributed by atoms with E-state index in [2.05, 4.69) is 172 Å². The third kappa shape index (κ3) is 5.42. The fourth-order valence-electron chi connectivity index (χ4n) is 10.00. The smallest absolute Gasteiger partial charge is 0.164 e. The first-order chi connectivity index (χ1) is 31.7. The topological polar surface area (TPSA) is 53.5 Å². The summed E-state index contributed by atoms with van der Waals surface area (Å²) in [4.78, 5) is 15.1. The molecule has 6 nitrogen and oxygen atoms in total. The molecule has 4 heterocycles. The molecule has 0 atom stereocenters. The predicted octanol–water partition coefficient (Wildman–Crippen LogP) is 14.5. The number of rotatable bonds is 6. The fourth-order valence-corrected chi connectivity index (χ4v) is 10.00. The molecule has 0 N–H and O–H groups in total. The van der Waals surface area contributed by atoms with E-state index >= 15 is 0 Å². The van der Waals surface area contributed by atoms with Gasteiger partial charge < -0.3 is 13.7 Å². The lowest BCUT2D eigenvalue weighted by Crippen LogP contribution is -2.00. The van der Waals surface area contributed by atoms with E-state index in [1.165, 1.54) is 54.4 Å². The van der Waals surface area contributed by atoms with Crippen molar-refractivity contribution in [2.45, 2.75) is 6.92 Å². The Morgan fingerprint density at radius 1 is 0.297 bits per heavy atom. The summed E-state index contributed by atoms with van der Waals surface area (Å²) in [5.74, 6) is 1.90. The number of nitrogens with zero attached hydrogens (tertiary/aromatic N) is 6. The quantitative estimate of drug-likeness (QED) is 0.168. The van der Waals surface area contributed by atoms with Crippen molar-refractivity contribution in [1.29, 1.82) is 0 Å². The highest BCUT2D eigenvalue weighted by Crippen LogP contribution is 2.50. The second-order valence-electron chi connectivity index (χ2n) is 16.5. The summed E-state index contributed by atoms with van der Waals surface area (Å²) in [6.07, 6.45) is 0. The van der Waals surface area contributed by atoms with Crippen LogP contribution < -0.4 is 0 Å². The van der Waals surface area contributed by atoms with Gasteiger partial charge in [-0.25, -0.2) is 15.0 Å². The van der Waals surface area contributed by atoms with Crippen molar-refractivity contribution < 1.29 is 0 Å². The van der Waals surface area contributed by atoms with Gasteiger partial charge >= 0.3 is 0 Å². The number of fused-ring (bicyclic) bond motifs is 12. The molecule has 0 saturated carbocycles. The molecule has 13 rings (SSSR count). The third-order valence-corrected chi connectivity index (χ3v) is 12.7. The van der Waals surface area contributed by atoms with Gasteiger partial charge in [-0.15, -0.1) is 0 Å². The molecule has 6 heteroatoms. The van der Waals surface area contributed by atoms with Gasteiger partial charge in [0.1, 0.15) is 0 Å². The minimum atomic E-state index is 0.624. The highest BCUT2D eigenvalue weighted by molar-refractivity contribution is 6.40. The summed E-state index contributed by atoms with van der Waals surface area (Å²) in [5.41, 5.74) is 14.3. The maximum atomic E-state index is 5.06. The normalized spacial score (nSPS) is 11.8. The molecule has 0 aliphatic heterocycles. The molecule has 0 unspecified atom stereocenters. The maximum absolute atomic E-state index is 5.06. The molecule has 9 aromatic carbocycles. The number of para-hydroxylation sites is 4. The monoisotopic (exact) mass is 818 g/mol. The van der Waals surface area contributed by atoms with Gasteiger partial charge in [0.05, 0.1) is 33.1 Å². The number of hydrogen-bond donors (Lipinski definition) is 0. The molecule has 0 bridgehead atoms. The molecule has 0 aliphatic rings. The maximum Gasteiger partial charge on any atom is 0.164 e. The van der Waals surface area contributed by atoms with Crippen LogP contribution >= 0.6 is 0 Å². The lowest BCUT2D eigenvalue weighted by atomic mass is 10.0. The van der Waals surface area contributed by atoms with E-state index in [1.807, 2.05) is 60.7 Å². The Hall–Kier alpha value is -8.61. The van der Waals surface area contributed by atoms with E-state index in [4.69, 9.17) is 15.0 Å². The van der Waals surface area contributed by atoms with Crippen molar-refractivity contribution in [3.8, 4) is 51.2 Å². The van der Waals surface area contributed by atoms with E-state index in [1.54, 1.807) is 0 Å². The van der Waals surface area contributed by atoms with E-state index in [0.29, 0.717) is 17.5 Å². The Labute approximate surface area is 368 Å². The van der Waals surface area contributed by atoms with E-state index in [9.17, 15) is 0 Å². The Balaban J connectivity index is 1.16. The number of hydrogen-bond acceptors (Lipinski definition) is 3. The molecule has 0 fully saturated rings. The van der Waals surface area contributed by atoms with Crippen molar-refractivity contribution in [3.05, 3.63) is 218 Å². The molecule has 0 aliphatic carbocycles. The third-order valence-electron chi connectivity index (χ3n) is 12.7. The van der Waals surface area contributed by atoms with Crippen LogP contribution in [0.4, 0.5) is 0 Å². The zero-order valence-corrected chi connectivity index (χ0v) is 34.9. The first kappa shape index (κ1) is 36.1. The zero-order valence-electron chi connectivity index (χ0n) is 34.9. The van der Waals surface area contributed by atoms with Crippen LogP contribution in [0.2, 0.25) is 0 Å². The van der Waals surface area contributed by atoms with E-state index in [-0.39, 0.29) is 0 Å². The number of benzene rings is 9. The second-order valence-corrected chi connectivity index (χ2v) is 16.5. The number of aromatic nitrogens is 6. The summed E-state index contributed by atoms with van der Waals surface area (Å²) in [6.45, 7) is 2.18. The van der Waals surface area contributed by atoms with Crippen molar-refractivity contribution in [3.63, 3.8) is 0 Å². The van der Waals surface area contributed by atoms with Gasteiger partial charge in [0.15, 0.2) is 17.5 Å². The summed E-state index contributed by atoms with van der Waals surface area (Å²) < 4.78 is 7.47. The Kier molecular flexibility index (Phi) is 8.02. The number of aryl methyl sites for hydroxylation is 1. The van der Waals surface area contributed by atoms with Gasteiger partial charge in [-0.3, -0.25) is 0 Å². The molecule has 4 aromatic heterocycles. The van der Waals surface area contributed by atoms with Crippen LogP contribution in [0.3, 0.4) is 0 Å². The van der Waals surface area contributed by atoms with E-state index < -0.39 is 0 Å². The van der Waals surface area contributed by atoms with Crippen LogP contribution in [0.1, 0.15) is 5.56 Å². The highest BCUT2D eigenvalue weighted by Gasteiger charge is 2.28. The molecule has 0 saturated heterocycles. The van der Waals surface area contributed by atoms with Crippen molar-refractivity contribution in [2.75, 3.05) is 0 Å². The summed E-state index contributed by atoms with van der Waals surface area (Å²) >= 11 is 0. The molecular weight excluding hydrogens is 781 g/mol. The van der Waals surface area contributed by atoms with Gasteiger partial charge in [0, 0.05) is 66.1 Å². The van der Waals surface area contributed by atoms with Crippen LogP contribution in [-0.2, 0) is 0 Å². The first-order valence-corrected chi connectivity index (χ1v) is 21.7. The molecular formula is C58H38N6. The minimum Gasteiger partial charge on any atom is -0.308 e. The largest absolute Gasteiger partial charge is 0.308 e. The van der Waals surface area contributed by atoms with Crippen LogP contribution in [0, 0.1) is 6.92 Å². The Morgan fingerprint density at radius 3 is 1.08 bits per heavy atom. The molecule has 0 spiro atoms. The van der Waals surface area contributed by atoms with Crippen LogP contribution in [0.5, 0.6) is 0 Å². The van der Waals surface area contributed by atoms with Gasteiger partial charge in [0.2, 0.25) is 0 Å². The van der Waals surface area contributed by atoms with E-state index in [0.717, 1.165) is 50.3 Å². The van der Waals surface area contributed by atoms with Gasteiger partial charge in [0.25, 0.3) is 0 Å². The Bertz CT molecular complexity index is 3880. The lowest BCUT2D eigenvalue weighted by Gasteiger charge is -2.14. The average molecular weight is 819 g/mol.